The molecule has 0 saturated carbocycles. The number of hydrogen-bond acceptors (Lipinski definition) is 4. The van der Waals surface area contributed by atoms with E-state index in [0.29, 0.717) is 0 Å². The first-order valence-corrected chi connectivity index (χ1v) is 6.40. The van der Waals surface area contributed by atoms with Crippen molar-refractivity contribution >= 4 is 34.8 Å². The minimum atomic E-state index is -0.509. The molecule has 0 bridgehead atoms. The summed E-state index contributed by atoms with van der Waals surface area (Å²) in [5, 5.41) is 10.0. The highest BCUT2D eigenvalue weighted by atomic mass is 35.5. The molecule has 0 atom stereocenters. The third-order valence-corrected chi connectivity index (χ3v) is 3.19. The number of carbonyl (C=O) groups is 2. The van der Waals surface area contributed by atoms with E-state index in [0.717, 1.165) is 0 Å². The summed E-state index contributed by atoms with van der Waals surface area (Å²) in [6, 6.07) is 7.36. The summed E-state index contributed by atoms with van der Waals surface area (Å²) >= 11 is 11.3. The molecule has 4 nitrogen and oxygen atoms in total. The fourth-order valence-electron chi connectivity index (χ4n) is 1.62. The first-order chi connectivity index (χ1) is 9.49. The molecule has 0 radical (unpaired) electrons. The number of aromatic nitrogens is 1. The predicted octanol–water partition coefficient (Wildman–Crippen LogP) is 3.55. The van der Waals surface area contributed by atoms with Crippen LogP contribution in [0.3, 0.4) is 0 Å². The molecule has 0 fully saturated rings. The number of hydrogen-bond donors (Lipinski definition) is 1. The van der Waals surface area contributed by atoms with Gasteiger partial charge in [-0.05, 0) is 24.3 Å². The zero-order valence-electron chi connectivity index (χ0n) is 10.1. The summed E-state index contributed by atoms with van der Waals surface area (Å²) < 4.78 is 0. The molecule has 6 heteroatoms. The molecule has 0 amide bonds. The molecule has 0 aliphatic rings. The third-order valence-electron chi connectivity index (χ3n) is 2.66. The van der Waals surface area contributed by atoms with E-state index in [1.54, 1.807) is 0 Å². The molecule has 0 spiro atoms. The Morgan fingerprint density at radius 2 is 1.85 bits per heavy atom. The van der Waals surface area contributed by atoms with E-state index in [-0.39, 0.29) is 33.5 Å². The van der Waals surface area contributed by atoms with Crippen LogP contribution in [0.5, 0.6) is 5.75 Å². The van der Waals surface area contributed by atoms with Gasteiger partial charge in [-0.15, -0.1) is 0 Å². The predicted molar refractivity (Wildman–Crippen MR) is 75.6 cm³/mol. The first-order valence-electron chi connectivity index (χ1n) is 5.64. The van der Waals surface area contributed by atoms with Crippen molar-refractivity contribution in [1.82, 2.24) is 4.98 Å². The minimum absolute atomic E-state index is 0.0211. The number of benzene rings is 1. The summed E-state index contributed by atoms with van der Waals surface area (Å²) in [5.41, 5.74) is 0.303. The normalized spacial score (nSPS) is 10.3. The number of pyridine rings is 1. The number of para-hydroxylation sites is 1. The van der Waals surface area contributed by atoms with Crippen LogP contribution in [0.1, 0.15) is 27.1 Å². The van der Waals surface area contributed by atoms with E-state index in [4.69, 9.17) is 23.2 Å². The summed E-state index contributed by atoms with van der Waals surface area (Å²) in [7, 11) is 0. The largest absolute Gasteiger partial charge is 0.506 e. The molecule has 2 aromatic rings. The maximum atomic E-state index is 12.0. The van der Waals surface area contributed by atoms with Crippen molar-refractivity contribution in [3.63, 3.8) is 0 Å². The zero-order valence-corrected chi connectivity index (χ0v) is 11.6. The number of carbonyl (C=O) groups excluding carboxylic acids is 2. The molecular weight excluding hydrogens is 301 g/mol. The number of halogens is 2. The van der Waals surface area contributed by atoms with Crippen molar-refractivity contribution in [2.75, 3.05) is 0 Å². The maximum Gasteiger partial charge on any atom is 0.174 e. The van der Waals surface area contributed by atoms with Crippen LogP contribution in [0.15, 0.2) is 36.5 Å². The van der Waals surface area contributed by atoms with Gasteiger partial charge in [0.05, 0.1) is 17.0 Å². The van der Waals surface area contributed by atoms with Gasteiger partial charge in [0.2, 0.25) is 0 Å². The van der Waals surface area contributed by atoms with Crippen molar-refractivity contribution in [3.05, 3.63) is 57.8 Å². The Balaban J connectivity index is 2.17. The van der Waals surface area contributed by atoms with Crippen LogP contribution in [0.4, 0.5) is 0 Å². The molecule has 0 aliphatic carbocycles. The lowest BCUT2D eigenvalue weighted by Crippen LogP contribution is -2.09. The third kappa shape index (κ3) is 3.15. The van der Waals surface area contributed by atoms with Crippen LogP contribution < -0.4 is 0 Å². The Bertz CT molecular complexity index is 669. The highest BCUT2D eigenvalue weighted by molar-refractivity contribution is 6.33. The topological polar surface area (TPSA) is 67.3 Å². The van der Waals surface area contributed by atoms with Gasteiger partial charge < -0.3 is 5.11 Å². The monoisotopic (exact) mass is 309 g/mol. The van der Waals surface area contributed by atoms with Gasteiger partial charge in [0.1, 0.15) is 10.9 Å². The van der Waals surface area contributed by atoms with Crippen LogP contribution in [0.25, 0.3) is 0 Å². The van der Waals surface area contributed by atoms with E-state index < -0.39 is 11.6 Å². The van der Waals surface area contributed by atoms with Crippen molar-refractivity contribution in [2.24, 2.45) is 0 Å². The van der Waals surface area contributed by atoms with Crippen molar-refractivity contribution in [3.8, 4) is 5.75 Å². The SMILES string of the molecule is O=C(CC(=O)c1cccc(Cl)c1O)c1ccc(Cl)nc1. The molecule has 1 aromatic heterocycles. The van der Waals surface area contributed by atoms with E-state index >= 15 is 0 Å². The minimum Gasteiger partial charge on any atom is -0.506 e. The smallest absolute Gasteiger partial charge is 0.174 e. The molecule has 1 aromatic carbocycles. The molecular formula is C14H9Cl2NO3. The maximum absolute atomic E-state index is 12.0. The highest BCUT2D eigenvalue weighted by Gasteiger charge is 2.18. The highest BCUT2D eigenvalue weighted by Crippen LogP contribution is 2.28. The Morgan fingerprint density at radius 1 is 1.10 bits per heavy atom. The van der Waals surface area contributed by atoms with E-state index in [2.05, 4.69) is 4.98 Å². The molecule has 2 rings (SSSR count). The fourth-order valence-corrected chi connectivity index (χ4v) is 1.91. The van der Waals surface area contributed by atoms with Gasteiger partial charge in [-0.1, -0.05) is 29.3 Å². The summed E-state index contributed by atoms with van der Waals surface area (Å²) in [4.78, 5) is 27.7. The summed E-state index contributed by atoms with van der Waals surface area (Å²) in [5.74, 6) is -1.23. The lowest BCUT2D eigenvalue weighted by Gasteiger charge is -2.05. The second-order valence-electron chi connectivity index (χ2n) is 4.03. The van der Waals surface area contributed by atoms with Crippen LogP contribution >= 0.6 is 23.2 Å². The molecule has 1 N–H and O–H groups in total. The van der Waals surface area contributed by atoms with E-state index in [9.17, 15) is 14.7 Å². The van der Waals surface area contributed by atoms with Crippen LogP contribution in [-0.2, 0) is 0 Å². The number of aromatic hydroxyl groups is 1. The number of ketones is 2. The molecule has 0 unspecified atom stereocenters. The van der Waals surface area contributed by atoms with Gasteiger partial charge in [0.25, 0.3) is 0 Å². The standard InChI is InChI=1S/C14H9Cl2NO3/c15-10-3-1-2-9(14(10)20)12(19)6-11(18)8-4-5-13(16)17-7-8/h1-5,7,20H,6H2. The summed E-state index contributed by atoms with van der Waals surface area (Å²) in [6.45, 7) is 0. The molecule has 20 heavy (non-hydrogen) atoms. The van der Waals surface area contributed by atoms with Gasteiger partial charge >= 0.3 is 0 Å². The van der Waals surface area contributed by atoms with Gasteiger partial charge in [0.15, 0.2) is 11.6 Å². The average molecular weight is 310 g/mol. The number of Topliss-reactive ketones (excluding diaryl/α,β-unsaturated/α-hetero) is 2. The fraction of sp³-hybridized carbons (Fsp3) is 0.0714. The number of nitrogens with zero attached hydrogens (tertiary/aromatic N) is 1. The van der Waals surface area contributed by atoms with Crippen LogP contribution in [0, 0.1) is 0 Å². The van der Waals surface area contributed by atoms with Crippen LogP contribution in [0.2, 0.25) is 10.2 Å². The first kappa shape index (κ1) is 14.5. The zero-order chi connectivity index (χ0) is 14.7. The van der Waals surface area contributed by atoms with Crippen LogP contribution in [-0.4, -0.2) is 21.7 Å². The van der Waals surface area contributed by atoms with E-state index in [1.807, 2.05) is 0 Å². The van der Waals surface area contributed by atoms with Gasteiger partial charge in [0, 0.05) is 11.8 Å². The molecule has 0 saturated heterocycles. The Morgan fingerprint density at radius 3 is 2.50 bits per heavy atom. The lowest BCUT2D eigenvalue weighted by atomic mass is 10.0. The Labute approximate surface area is 125 Å². The second-order valence-corrected chi connectivity index (χ2v) is 4.82. The lowest BCUT2D eigenvalue weighted by molar-refractivity contribution is 0.0893. The van der Waals surface area contributed by atoms with Crippen molar-refractivity contribution in [1.29, 1.82) is 0 Å². The summed E-state index contributed by atoms with van der Waals surface area (Å²) in [6.07, 6.45) is 0.924. The van der Waals surface area contributed by atoms with Gasteiger partial charge in [-0.2, -0.15) is 0 Å². The average Bonchev–Trinajstić information content (AvgIpc) is 2.42. The molecule has 1 heterocycles. The van der Waals surface area contributed by atoms with Gasteiger partial charge in [-0.25, -0.2) is 4.98 Å². The number of phenols is 1. The Hall–Kier alpha value is -1.91. The molecule has 102 valence electrons. The quantitative estimate of drug-likeness (QED) is 0.533. The Kier molecular flexibility index (Phi) is 4.37. The van der Waals surface area contributed by atoms with Gasteiger partial charge in [-0.3, -0.25) is 9.59 Å². The van der Waals surface area contributed by atoms with Crippen molar-refractivity contribution < 1.29 is 14.7 Å². The van der Waals surface area contributed by atoms with Crippen molar-refractivity contribution in [2.45, 2.75) is 6.42 Å². The molecule has 0 aliphatic heterocycles. The second kappa shape index (κ2) is 6.03. The number of phenolic OH excluding ortho intramolecular Hbond substituents is 1. The van der Waals surface area contributed by atoms with E-state index in [1.165, 1.54) is 36.5 Å². The number of rotatable bonds is 4.